The Morgan fingerprint density at radius 2 is 2.14 bits per heavy atom. The molecule has 22 heavy (non-hydrogen) atoms. The highest BCUT2D eigenvalue weighted by molar-refractivity contribution is 7.18. The van der Waals surface area contributed by atoms with Gasteiger partial charge >= 0.3 is 0 Å². The lowest BCUT2D eigenvalue weighted by molar-refractivity contribution is 0.415. The van der Waals surface area contributed by atoms with Gasteiger partial charge in [-0.25, -0.2) is 4.98 Å². The van der Waals surface area contributed by atoms with E-state index in [-0.39, 0.29) is 5.56 Å². The van der Waals surface area contributed by atoms with Gasteiger partial charge in [-0.05, 0) is 42.3 Å². The third-order valence-corrected chi connectivity index (χ3v) is 4.47. The van der Waals surface area contributed by atoms with Crippen molar-refractivity contribution in [3.63, 3.8) is 0 Å². The molecule has 6 heteroatoms. The van der Waals surface area contributed by atoms with E-state index in [0.29, 0.717) is 5.39 Å². The Morgan fingerprint density at radius 3 is 2.82 bits per heavy atom. The number of hydrogen-bond acceptors (Lipinski definition) is 5. The first-order chi connectivity index (χ1) is 10.7. The summed E-state index contributed by atoms with van der Waals surface area (Å²) in [5, 5.41) is 4.82. The summed E-state index contributed by atoms with van der Waals surface area (Å²) in [4.78, 5) is 18.6. The molecule has 0 spiro atoms. The van der Waals surface area contributed by atoms with Gasteiger partial charge in [-0.1, -0.05) is 6.92 Å². The fraction of sp³-hybridized carbons (Fsp3) is 0.188. The van der Waals surface area contributed by atoms with E-state index in [0.717, 1.165) is 27.4 Å². The summed E-state index contributed by atoms with van der Waals surface area (Å²) in [6.45, 7) is 2.06. The summed E-state index contributed by atoms with van der Waals surface area (Å²) in [7, 11) is 1.62. The Kier molecular flexibility index (Phi) is 4.02. The molecule has 2 aromatic heterocycles. The largest absolute Gasteiger partial charge is 0.497 e. The van der Waals surface area contributed by atoms with Crippen LogP contribution < -0.4 is 10.3 Å². The molecular formula is C16H15N3O2S. The molecule has 112 valence electrons. The van der Waals surface area contributed by atoms with Crippen LogP contribution in [0.1, 0.15) is 17.4 Å². The van der Waals surface area contributed by atoms with Gasteiger partial charge in [0.25, 0.3) is 5.56 Å². The highest BCUT2D eigenvalue weighted by Crippen LogP contribution is 2.20. The van der Waals surface area contributed by atoms with Gasteiger partial charge in [-0.2, -0.15) is 9.78 Å². The van der Waals surface area contributed by atoms with Crippen molar-refractivity contribution in [2.45, 2.75) is 13.3 Å². The third-order valence-electron chi connectivity index (χ3n) is 3.28. The highest BCUT2D eigenvalue weighted by atomic mass is 32.1. The van der Waals surface area contributed by atoms with E-state index in [9.17, 15) is 4.79 Å². The van der Waals surface area contributed by atoms with Crippen LogP contribution in [0.2, 0.25) is 0 Å². The topological polar surface area (TPSA) is 56.5 Å². The predicted molar refractivity (Wildman–Crippen MR) is 89.2 cm³/mol. The number of rotatable bonds is 4. The minimum Gasteiger partial charge on any atom is -0.497 e. The molecule has 0 saturated carbocycles. The average Bonchev–Trinajstić information content (AvgIpc) is 2.99. The van der Waals surface area contributed by atoms with Crippen molar-refractivity contribution in [3.05, 3.63) is 57.5 Å². The van der Waals surface area contributed by atoms with Gasteiger partial charge < -0.3 is 4.74 Å². The molecule has 0 amide bonds. The zero-order valence-electron chi connectivity index (χ0n) is 12.3. The molecule has 3 aromatic rings. The average molecular weight is 313 g/mol. The standard InChI is InChI=1S/C16H15N3O2S/c1-3-13-8-14-15(22-13)17-10-19(16(14)20)18-9-11-4-6-12(21-2)7-5-11/h4-10H,3H2,1-2H3/b18-9-. The molecule has 0 N–H and O–H groups in total. The molecule has 2 heterocycles. The second-order valence-corrected chi connectivity index (χ2v) is 5.81. The zero-order valence-corrected chi connectivity index (χ0v) is 13.1. The molecule has 0 unspecified atom stereocenters. The number of fused-ring (bicyclic) bond motifs is 1. The molecule has 0 aliphatic heterocycles. The van der Waals surface area contributed by atoms with Crippen LogP contribution in [-0.2, 0) is 6.42 Å². The number of aryl methyl sites for hydroxylation is 1. The Morgan fingerprint density at radius 1 is 1.36 bits per heavy atom. The van der Waals surface area contributed by atoms with E-state index in [1.54, 1.807) is 24.7 Å². The highest BCUT2D eigenvalue weighted by Gasteiger charge is 2.07. The maximum absolute atomic E-state index is 12.4. The number of ether oxygens (including phenoxy) is 1. The van der Waals surface area contributed by atoms with Crippen molar-refractivity contribution in [1.82, 2.24) is 9.66 Å². The Hall–Kier alpha value is -2.47. The van der Waals surface area contributed by atoms with Gasteiger partial charge in [0.2, 0.25) is 0 Å². The maximum Gasteiger partial charge on any atom is 0.282 e. The van der Waals surface area contributed by atoms with Gasteiger partial charge in [-0.15, -0.1) is 11.3 Å². The lowest BCUT2D eigenvalue weighted by Crippen LogP contribution is -2.16. The summed E-state index contributed by atoms with van der Waals surface area (Å²) < 4.78 is 6.37. The van der Waals surface area contributed by atoms with E-state index in [4.69, 9.17) is 4.74 Å². The first-order valence-electron chi connectivity index (χ1n) is 6.89. The number of nitrogens with zero attached hydrogens (tertiary/aromatic N) is 3. The van der Waals surface area contributed by atoms with Crippen LogP contribution in [0.25, 0.3) is 10.2 Å². The van der Waals surface area contributed by atoms with Crippen LogP contribution >= 0.6 is 11.3 Å². The molecule has 0 radical (unpaired) electrons. The van der Waals surface area contributed by atoms with Crippen LogP contribution in [0, 0.1) is 0 Å². The molecule has 0 aliphatic carbocycles. The summed E-state index contributed by atoms with van der Waals surface area (Å²) in [5.41, 5.74) is 0.734. The Labute approximate surface area is 131 Å². The van der Waals surface area contributed by atoms with Gasteiger partial charge in [0.05, 0.1) is 18.7 Å². The summed E-state index contributed by atoms with van der Waals surface area (Å²) in [6, 6.07) is 9.34. The molecule has 1 aromatic carbocycles. The molecule has 0 atom stereocenters. The normalized spacial score (nSPS) is 11.4. The quantitative estimate of drug-likeness (QED) is 0.696. The Balaban J connectivity index is 1.94. The molecule has 3 rings (SSSR count). The summed E-state index contributed by atoms with van der Waals surface area (Å²) >= 11 is 1.55. The van der Waals surface area contributed by atoms with E-state index < -0.39 is 0 Å². The fourth-order valence-electron chi connectivity index (χ4n) is 2.04. The molecule has 0 fully saturated rings. The van der Waals surface area contributed by atoms with Gasteiger partial charge in [0.15, 0.2) is 0 Å². The minimum atomic E-state index is -0.147. The number of thiophene rings is 1. The van der Waals surface area contributed by atoms with Crippen molar-refractivity contribution >= 4 is 27.8 Å². The zero-order chi connectivity index (χ0) is 15.5. The van der Waals surface area contributed by atoms with Crippen LogP contribution in [0.3, 0.4) is 0 Å². The predicted octanol–water partition coefficient (Wildman–Crippen LogP) is 2.91. The third kappa shape index (κ3) is 2.78. The van der Waals surface area contributed by atoms with Crippen molar-refractivity contribution in [2.24, 2.45) is 5.10 Å². The number of benzene rings is 1. The molecular weight excluding hydrogens is 298 g/mol. The van der Waals surface area contributed by atoms with E-state index >= 15 is 0 Å². The van der Waals surface area contributed by atoms with Gasteiger partial charge in [-0.3, -0.25) is 4.79 Å². The van der Waals surface area contributed by atoms with Crippen molar-refractivity contribution in [1.29, 1.82) is 0 Å². The van der Waals surface area contributed by atoms with E-state index in [1.807, 2.05) is 30.3 Å². The van der Waals surface area contributed by atoms with Crippen molar-refractivity contribution < 1.29 is 4.74 Å². The van der Waals surface area contributed by atoms with Crippen LogP contribution in [-0.4, -0.2) is 23.0 Å². The number of methoxy groups -OCH3 is 1. The molecule has 0 saturated heterocycles. The van der Waals surface area contributed by atoms with E-state index in [2.05, 4.69) is 17.0 Å². The van der Waals surface area contributed by atoms with E-state index in [1.165, 1.54) is 11.0 Å². The first-order valence-corrected chi connectivity index (χ1v) is 7.71. The monoisotopic (exact) mass is 313 g/mol. The minimum absolute atomic E-state index is 0.147. The smallest absolute Gasteiger partial charge is 0.282 e. The first kappa shape index (κ1) is 14.5. The molecule has 5 nitrogen and oxygen atoms in total. The van der Waals surface area contributed by atoms with Crippen LogP contribution in [0.5, 0.6) is 5.75 Å². The van der Waals surface area contributed by atoms with Crippen LogP contribution in [0.4, 0.5) is 0 Å². The summed E-state index contributed by atoms with van der Waals surface area (Å²) in [6.07, 6.45) is 3.98. The Bertz CT molecular complexity index is 879. The fourth-order valence-corrected chi connectivity index (χ4v) is 2.96. The van der Waals surface area contributed by atoms with Crippen molar-refractivity contribution in [3.8, 4) is 5.75 Å². The number of aromatic nitrogens is 2. The number of hydrogen-bond donors (Lipinski definition) is 0. The maximum atomic E-state index is 12.4. The van der Waals surface area contributed by atoms with Crippen LogP contribution in [0.15, 0.2) is 46.6 Å². The van der Waals surface area contributed by atoms with Gasteiger partial charge in [0.1, 0.15) is 16.9 Å². The lowest BCUT2D eigenvalue weighted by Gasteiger charge is -1.99. The molecule has 0 bridgehead atoms. The SMILES string of the molecule is CCc1cc2c(=O)n(/N=C\c3ccc(OC)cc3)cnc2s1. The van der Waals surface area contributed by atoms with Gasteiger partial charge in [0, 0.05) is 4.88 Å². The second-order valence-electron chi connectivity index (χ2n) is 4.70. The van der Waals surface area contributed by atoms with Crippen molar-refractivity contribution in [2.75, 3.05) is 7.11 Å². The summed E-state index contributed by atoms with van der Waals surface area (Å²) in [5.74, 6) is 0.780. The molecule has 0 aliphatic rings. The second kappa shape index (κ2) is 6.11. The lowest BCUT2D eigenvalue weighted by atomic mass is 10.2.